The third-order valence-corrected chi connectivity index (χ3v) is 6.17. The average molecular weight is 269 g/mol. The molecule has 0 aliphatic carbocycles. The van der Waals surface area contributed by atoms with Crippen LogP contribution in [0.5, 0.6) is 0 Å². The van der Waals surface area contributed by atoms with E-state index in [1.807, 2.05) is 0 Å². The normalized spacial score (nSPS) is 19.3. The first kappa shape index (κ1) is 19.0. The summed E-state index contributed by atoms with van der Waals surface area (Å²) in [5.74, 6) is 4.13. The number of rotatable bonds is 9. The maximum absolute atomic E-state index is 2.49. The van der Waals surface area contributed by atoms with Crippen molar-refractivity contribution in [2.45, 2.75) is 88.0 Å². The van der Waals surface area contributed by atoms with Crippen LogP contribution < -0.4 is 0 Å². The molecular formula is C19H40. The zero-order chi connectivity index (χ0) is 15.2. The van der Waals surface area contributed by atoms with Crippen molar-refractivity contribution < 1.29 is 0 Å². The van der Waals surface area contributed by atoms with Crippen molar-refractivity contribution in [1.29, 1.82) is 0 Å². The van der Waals surface area contributed by atoms with Crippen LogP contribution in [0.3, 0.4) is 0 Å². The van der Waals surface area contributed by atoms with E-state index in [1.165, 1.54) is 25.7 Å². The highest BCUT2D eigenvalue weighted by atomic mass is 14.4. The summed E-state index contributed by atoms with van der Waals surface area (Å²) in [6.07, 6.45) is 5.48. The van der Waals surface area contributed by atoms with Crippen LogP contribution in [0.1, 0.15) is 88.0 Å². The minimum Gasteiger partial charge on any atom is -0.0654 e. The molecule has 0 heterocycles. The van der Waals surface area contributed by atoms with Crippen LogP contribution in [0.2, 0.25) is 0 Å². The fourth-order valence-corrected chi connectivity index (χ4v) is 3.13. The molecule has 0 radical (unpaired) electrons. The van der Waals surface area contributed by atoms with E-state index in [2.05, 4.69) is 62.3 Å². The van der Waals surface area contributed by atoms with E-state index in [-0.39, 0.29) is 0 Å². The van der Waals surface area contributed by atoms with Crippen molar-refractivity contribution >= 4 is 0 Å². The van der Waals surface area contributed by atoms with E-state index >= 15 is 0 Å². The molecule has 0 aliphatic rings. The quantitative estimate of drug-likeness (QED) is 0.431. The van der Waals surface area contributed by atoms with E-state index in [0.29, 0.717) is 5.41 Å². The number of hydrogen-bond donors (Lipinski definition) is 0. The van der Waals surface area contributed by atoms with Crippen molar-refractivity contribution in [3.8, 4) is 0 Å². The van der Waals surface area contributed by atoms with Gasteiger partial charge in [0, 0.05) is 0 Å². The molecular weight excluding hydrogens is 228 g/mol. The van der Waals surface area contributed by atoms with E-state index in [0.717, 1.165) is 29.6 Å². The van der Waals surface area contributed by atoms with Crippen LogP contribution in [0.15, 0.2) is 0 Å². The molecule has 0 aromatic heterocycles. The molecule has 0 fully saturated rings. The lowest BCUT2D eigenvalue weighted by Crippen LogP contribution is -2.34. The predicted molar refractivity (Wildman–Crippen MR) is 89.4 cm³/mol. The highest BCUT2D eigenvalue weighted by Crippen LogP contribution is 2.43. The molecule has 0 aromatic rings. The fourth-order valence-electron chi connectivity index (χ4n) is 3.13. The molecule has 0 aliphatic heterocycles. The molecule has 0 saturated heterocycles. The molecule has 0 bridgehead atoms. The zero-order valence-electron chi connectivity index (χ0n) is 15.2. The van der Waals surface area contributed by atoms with Gasteiger partial charge in [0.1, 0.15) is 0 Å². The van der Waals surface area contributed by atoms with Crippen molar-refractivity contribution in [2.75, 3.05) is 0 Å². The van der Waals surface area contributed by atoms with Gasteiger partial charge in [-0.1, -0.05) is 81.6 Å². The second-order valence-corrected chi connectivity index (χ2v) is 8.09. The molecule has 0 spiro atoms. The van der Waals surface area contributed by atoms with Gasteiger partial charge in [-0.25, -0.2) is 0 Å². The third kappa shape index (κ3) is 5.88. The Morgan fingerprint density at radius 2 is 1.37 bits per heavy atom. The summed E-state index contributed by atoms with van der Waals surface area (Å²) in [4.78, 5) is 0. The largest absolute Gasteiger partial charge is 0.0654 e. The van der Waals surface area contributed by atoms with Gasteiger partial charge in [-0.05, 0) is 41.4 Å². The summed E-state index contributed by atoms with van der Waals surface area (Å²) in [6.45, 7) is 21.8. The van der Waals surface area contributed by atoms with Gasteiger partial charge in [0.05, 0.1) is 0 Å². The van der Waals surface area contributed by atoms with Gasteiger partial charge < -0.3 is 0 Å². The first-order valence-electron chi connectivity index (χ1n) is 8.64. The number of hydrogen-bond acceptors (Lipinski definition) is 0. The Hall–Kier alpha value is 0. The molecule has 0 rings (SSSR count). The van der Waals surface area contributed by atoms with Gasteiger partial charge in [0.2, 0.25) is 0 Å². The molecule has 0 nitrogen and oxygen atoms in total. The second-order valence-electron chi connectivity index (χ2n) is 8.09. The molecule has 0 heteroatoms. The van der Waals surface area contributed by atoms with Gasteiger partial charge >= 0.3 is 0 Å². The van der Waals surface area contributed by atoms with Crippen LogP contribution in [0, 0.1) is 35.0 Å². The number of unbranched alkanes of at least 4 members (excludes halogenated alkanes) is 1. The van der Waals surface area contributed by atoms with Gasteiger partial charge in [0.25, 0.3) is 0 Å². The summed E-state index contributed by atoms with van der Waals surface area (Å²) in [5, 5.41) is 0. The van der Waals surface area contributed by atoms with Gasteiger partial charge in [-0.3, -0.25) is 0 Å². The maximum Gasteiger partial charge on any atom is -0.0300 e. The monoisotopic (exact) mass is 268 g/mol. The van der Waals surface area contributed by atoms with Crippen LogP contribution in [-0.2, 0) is 0 Å². The molecule has 19 heavy (non-hydrogen) atoms. The van der Waals surface area contributed by atoms with Crippen molar-refractivity contribution in [3.05, 3.63) is 0 Å². The Bertz CT molecular complexity index is 226. The van der Waals surface area contributed by atoms with Crippen molar-refractivity contribution in [1.82, 2.24) is 0 Å². The van der Waals surface area contributed by atoms with Crippen LogP contribution >= 0.6 is 0 Å². The molecule has 0 aromatic carbocycles. The molecule has 0 amide bonds. The maximum atomic E-state index is 2.49. The first-order valence-corrected chi connectivity index (χ1v) is 8.64. The Morgan fingerprint density at radius 1 is 0.842 bits per heavy atom. The Balaban J connectivity index is 4.54. The minimum absolute atomic E-state index is 0.464. The Labute approximate surface area is 123 Å². The van der Waals surface area contributed by atoms with Gasteiger partial charge in [-0.2, -0.15) is 0 Å². The standard InChI is InChI=1S/C19H40/c1-10-11-12-17(6)19(8,9)18(7)16(5)13-15(4)14(2)3/h14-18H,10-13H2,1-9H3. The molecule has 4 unspecified atom stereocenters. The molecule has 4 atom stereocenters. The topological polar surface area (TPSA) is 0 Å². The third-order valence-electron chi connectivity index (χ3n) is 6.17. The average Bonchev–Trinajstić information content (AvgIpc) is 2.34. The second kappa shape index (κ2) is 8.32. The lowest BCUT2D eigenvalue weighted by atomic mass is 9.64. The smallest absolute Gasteiger partial charge is 0.0300 e. The molecule has 0 N–H and O–H groups in total. The van der Waals surface area contributed by atoms with E-state index in [4.69, 9.17) is 0 Å². The summed E-state index contributed by atoms with van der Waals surface area (Å²) < 4.78 is 0. The Kier molecular flexibility index (Phi) is 8.32. The van der Waals surface area contributed by atoms with Crippen LogP contribution in [-0.4, -0.2) is 0 Å². The first-order chi connectivity index (χ1) is 8.64. The molecule has 0 saturated carbocycles. The van der Waals surface area contributed by atoms with Gasteiger partial charge in [0.15, 0.2) is 0 Å². The van der Waals surface area contributed by atoms with E-state index in [1.54, 1.807) is 0 Å². The van der Waals surface area contributed by atoms with Crippen molar-refractivity contribution in [2.24, 2.45) is 35.0 Å². The Morgan fingerprint density at radius 3 is 1.79 bits per heavy atom. The van der Waals surface area contributed by atoms with Crippen LogP contribution in [0.25, 0.3) is 0 Å². The summed E-state index contributed by atoms with van der Waals surface area (Å²) in [5.41, 5.74) is 0.464. The SMILES string of the molecule is CCCCC(C)C(C)(C)C(C)C(C)CC(C)C(C)C. The summed E-state index contributed by atoms with van der Waals surface area (Å²) in [7, 11) is 0. The lowest BCUT2D eigenvalue weighted by molar-refractivity contribution is 0.0761. The summed E-state index contributed by atoms with van der Waals surface area (Å²) in [6, 6.07) is 0. The summed E-state index contributed by atoms with van der Waals surface area (Å²) >= 11 is 0. The van der Waals surface area contributed by atoms with Gasteiger partial charge in [-0.15, -0.1) is 0 Å². The lowest BCUT2D eigenvalue weighted by Gasteiger charge is -2.42. The predicted octanol–water partition coefficient (Wildman–Crippen LogP) is 6.79. The fraction of sp³-hybridized carbons (Fsp3) is 1.00. The van der Waals surface area contributed by atoms with Crippen molar-refractivity contribution in [3.63, 3.8) is 0 Å². The minimum atomic E-state index is 0.464. The van der Waals surface area contributed by atoms with E-state index in [9.17, 15) is 0 Å². The van der Waals surface area contributed by atoms with Crippen LogP contribution in [0.4, 0.5) is 0 Å². The van der Waals surface area contributed by atoms with E-state index < -0.39 is 0 Å². The zero-order valence-corrected chi connectivity index (χ0v) is 15.2. The molecule has 116 valence electrons. The highest BCUT2D eigenvalue weighted by molar-refractivity contribution is 4.84. The highest BCUT2D eigenvalue weighted by Gasteiger charge is 2.34.